The highest BCUT2D eigenvalue weighted by atomic mass is 15.2. The van der Waals surface area contributed by atoms with E-state index in [1.807, 2.05) is 0 Å². The normalized spacial score (nSPS) is 13.9. The van der Waals surface area contributed by atoms with Gasteiger partial charge in [0.15, 0.2) is 0 Å². The molecular weight excluding hydrogens is 678 g/mol. The van der Waals surface area contributed by atoms with Crippen molar-refractivity contribution in [3.05, 3.63) is 182 Å². The summed E-state index contributed by atoms with van der Waals surface area (Å²) in [6.07, 6.45) is 4.67. The molecule has 8 aromatic carbocycles. The first-order valence-electron chi connectivity index (χ1n) is 19.6. The van der Waals surface area contributed by atoms with Gasteiger partial charge < -0.3 is 18.8 Å². The molecule has 0 spiro atoms. The first kappa shape index (κ1) is 29.2. The summed E-state index contributed by atoms with van der Waals surface area (Å²) in [5.74, 6) is 0. The average molecular weight is 708 g/mol. The van der Waals surface area contributed by atoms with Gasteiger partial charge in [-0.15, -0.1) is 0 Å². The first-order valence-corrected chi connectivity index (χ1v) is 19.6. The zero-order chi connectivity index (χ0) is 36.2. The summed E-state index contributed by atoms with van der Waals surface area (Å²) in [4.78, 5) is 5.17. The van der Waals surface area contributed by atoms with Gasteiger partial charge in [-0.05, 0) is 122 Å². The van der Waals surface area contributed by atoms with Crippen molar-refractivity contribution >= 4 is 102 Å². The van der Waals surface area contributed by atoms with E-state index in [-0.39, 0.29) is 13.7 Å². The smallest absolute Gasteiger partial charge is 0.334 e. The van der Waals surface area contributed by atoms with Gasteiger partial charge in [0, 0.05) is 56.3 Å². The summed E-state index contributed by atoms with van der Waals surface area (Å²) in [5.41, 5.74) is 20.4. The fourth-order valence-electron chi connectivity index (χ4n) is 10.9. The minimum atomic E-state index is -0.0559. The lowest BCUT2D eigenvalue weighted by Crippen LogP contribution is -2.63. The van der Waals surface area contributed by atoms with Crippen molar-refractivity contribution in [1.29, 1.82) is 0 Å². The second-order valence-corrected chi connectivity index (χ2v) is 15.7. The molecule has 0 atom stereocenters. The van der Waals surface area contributed by atoms with Crippen LogP contribution < -0.4 is 31.7 Å². The molecule has 4 aliphatic rings. The molecule has 0 radical (unpaired) electrons. The van der Waals surface area contributed by atoms with Gasteiger partial charge in [-0.3, -0.25) is 0 Å². The minimum Gasteiger partial charge on any atom is -0.382 e. The zero-order valence-electron chi connectivity index (χ0n) is 30.3. The number of anilines is 6. The van der Waals surface area contributed by atoms with Crippen LogP contribution in [-0.4, -0.2) is 22.7 Å². The van der Waals surface area contributed by atoms with Crippen molar-refractivity contribution in [1.82, 2.24) is 8.96 Å². The lowest BCUT2D eigenvalue weighted by atomic mass is 9.40. The van der Waals surface area contributed by atoms with Gasteiger partial charge in [0.25, 0.3) is 0 Å². The summed E-state index contributed by atoms with van der Waals surface area (Å²) in [5, 5.41) is 5.05. The van der Waals surface area contributed by atoms with Crippen molar-refractivity contribution in [2.75, 3.05) is 9.80 Å². The third-order valence-corrected chi connectivity index (χ3v) is 13.0. The summed E-state index contributed by atoms with van der Waals surface area (Å²) in [6, 6.07) is 63.6. The van der Waals surface area contributed by atoms with Gasteiger partial charge in [-0.2, -0.15) is 0 Å². The molecule has 256 valence electrons. The molecule has 4 aliphatic heterocycles. The van der Waals surface area contributed by atoms with Crippen LogP contribution in [0.15, 0.2) is 182 Å². The molecule has 0 saturated heterocycles. The number of hydrogen-bond acceptors (Lipinski definition) is 2. The quantitative estimate of drug-likeness (QED) is 0.167. The Bertz CT molecular complexity index is 3350. The third-order valence-electron chi connectivity index (χ3n) is 13.0. The molecular formula is C50H30B2N4. The molecule has 14 rings (SSSR count). The van der Waals surface area contributed by atoms with Crippen LogP contribution in [-0.2, 0) is 0 Å². The molecule has 0 amide bonds. The van der Waals surface area contributed by atoms with Gasteiger partial charge in [-0.25, -0.2) is 0 Å². The van der Waals surface area contributed by atoms with Gasteiger partial charge in [0.05, 0.1) is 0 Å². The summed E-state index contributed by atoms with van der Waals surface area (Å²) < 4.78 is 5.15. The van der Waals surface area contributed by atoms with E-state index >= 15 is 0 Å². The van der Waals surface area contributed by atoms with E-state index in [2.05, 4.69) is 201 Å². The fourth-order valence-corrected chi connectivity index (χ4v) is 10.9. The topological polar surface area (TPSA) is 16.3 Å². The predicted octanol–water partition coefficient (Wildman–Crippen LogP) is 9.58. The van der Waals surface area contributed by atoms with Crippen molar-refractivity contribution in [2.24, 2.45) is 0 Å². The number of rotatable bonds is 2. The number of benzene rings is 8. The Kier molecular flexibility index (Phi) is 5.38. The Hall–Kier alpha value is -7.17. The molecule has 56 heavy (non-hydrogen) atoms. The number of aromatic nitrogens is 2. The van der Waals surface area contributed by atoms with E-state index in [0.717, 1.165) is 11.4 Å². The van der Waals surface area contributed by atoms with Crippen LogP contribution in [0.3, 0.4) is 0 Å². The maximum absolute atomic E-state index is 2.61. The third kappa shape index (κ3) is 3.49. The lowest BCUT2D eigenvalue weighted by molar-refractivity contribution is 1.20. The monoisotopic (exact) mass is 708 g/mol. The molecule has 6 heterocycles. The van der Waals surface area contributed by atoms with Crippen LogP contribution in [0.5, 0.6) is 0 Å². The van der Waals surface area contributed by atoms with E-state index < -0.39 is 0 Å². The molecule has 0 saturated carbocycles. The Morgan fingerprint density at radius 1 is 0.339 bits per heavy atom. The van der Waals surface area contributed by atoms with E-state index in [9.17, 15) is 0 Å². The Labute approximate surface area is 324 Å². The fraction of sp³-hybridized carbons (Fsp3) is 0. The van der Waals surface area contributed by atoms with Gasteiger partial charge in [-0.1, -0.05) is 115 Å². The maximum Gasteiger partial charge on any atom is 0.334 e. The molecule has 4 nitrogen and oxygen atoms in total. The standard InChI is InChI=1S/C50H30B2N4/c1-3-16-35(17-4-1)55-42-23-11-20-37-38-21-9-14-31-25-27-54(48(31)38)52(45(37)42)47-44(55)30-40-39-22-10-15-32-24-26-53(49(32)39)51-41-28-33-12-7-8-13-34(33)29-43(41)56(50(47)46(40)51)36-18-5-2-6-19-36/h1-30H. The molecule has 6 heteroatoms. The Morgan fingerprint density at radius 3 is 1.62 bits per heavy atom. The zero-order valence-corrected chi connectivity index (χ0v) is 30.3. The molecule has 0 bridgehead atoms. The lowest BCUT2D eigenvalue weighted by Gasteiger charge is -2.47. The number of hydrogen-bond donors (Lipinski definition) is 0. The molecule has 2 aromatic heterocycles. The summed E-state index contributed by atoms with van der Waals surface area (Å²) in [7, 11) is 0. The van der Waals surface area contributed by atoms with Crippen LogP contribution in [0.4, 0.5) is 34.1 Å². The first-order chi connectivity index (χ1) is 27.8. The Balaban J connectivity index is 1.22. The van der Waals surface area contributed by atoms with Crippen LogP contribution in [0.25, 0.3) is 54.8 Å². The highest BCUT2D eigenvalue weighted by Gasteiger charge is 2.49. The van der Waals surface area contributed by atoms with Crippen LogP contribution >= 0.6 is 0 Å². The maximum atomic E-state index is 2.61. The Morgan fingerprint density at radius 2 is 0.911 bits per heavy atom. The van der Waals surface area contributed by atoms with E-state index in [0.29, 0.717) is 0 Å². The second-order valence-electron chi connectivity index (χ2n) is 15.7. The molecule has 0 unspecified atom stereocenters. The SMILES string of the molecule is c1ccc(N2c3cccc4c3B(c3c2cc2c5c3N(c3ccccc3)c3cc6ccccc6cc3B5n3ccc5cccc-2c53)n2ccc3cccc-4c32)cc1. The van der Waals surface area contributed by atoms with Gasteiger partial charge in [0.1, 0.15) is 0 Å². The van der Waals surface area contributed by atoms with Crippen molar-refractivity contribution in [3.8, 4) is 22.3 Å². The second kappa shape index (κ2) is 10.3. The predicted molar refractivity (Wildman–Crippen MR) is 236 cm³/mol. The molecule has 0 aliphatic carbocycles. The molecule has 0 N–H and O–H groups in total. The average Bonchev–Trinajstić information content (AvgIpc) is 3.89. The van der Waals surface area contributed by atoms with Crippen molar-refractivity contribution < 1.29 is 0 Å². The number of nitrogens with zero attached hydrogens (tertiary/aromatic N) is 4. The highest BCUT2D eigenvalue weighted by Crippen LogP contribution is 2.49. The van der Waals surface area contributed by atoms with Gasteiger partial charge >= 0.3 is 13.7 Å². The summed E-state index contributed by atoms with van der Waals surface area (Å²) in [6.45, 7) is -0.0702. The van der Waals surface area contributed by atoms with Crippen LogP contribution in [0.2, 0.25) is 0 Å². The highest BCUT2D eigenvalue weighted by molar-refractivity contribution is 6.94. The number of para-hydroxylation sites is 4. The van der Waals surface area contributed by atoms with E-state index in [1.54, 1.807) is 0 Å². The van der Waals surface area contributed by atoms with E-state index in [1.165, 1.54) is 99.4 Å². The van der Waals surface area contributed by atoms with Gasteiger partial charge in [0.2, 0.25) is 0 Å². The van der Waals surface area contributed by atoms with E-state index in [4.69, 9.17) is 0 Å². The molecule has 10 aromatic rings. The minimum absolute atomic E-state index is 0.0142. The van der Waals surface area contributed by atoms with Crippen molar-refractivity contribution in [2.45, 2.75) is 0 Å². The van der Waals surface area contributed by atoms with Crippen LogP contribution in [0.1, 0.15) is 0 Å². The number of fused-ring (bicyclic) bond motifs is 10. The van der Waals surface area contributed by atoms with Crippen LogP contribution in [0, 0.1) is 0 Å². The molecule has 0 fully saturated rings. The summed E-state index contributed by atoms with van der Waals surface area (Å²) >= 11 is 0. The largest absolute Gasteiger partial charge is 0.382 e. The van der Waals surface area contributed by atoms with Crippen molar-refractivity contribution in [3.63, 3.8) is 0 Å².